The van der Waals surface area contributed by atoms with E-state index in [9.17, 15) is 4.79 Å². The molecule has 112 valence electrons. The molecule has 1 aliphatic rings. The van der Waals surface area contributed by atoms with Crippen molar-refractivity contribution in [1.82, 2.24) is 9.78 Å². The molecular formula is C15H24N2O3. The molecule has 0 spiro atoms. The average molecular weight is 280 g/mol. The average Bonchev–Trinajstić information content (AvgIpc) is 2.75. The predicted octanol–water partition coefficient (Wildman–Crippen LogP) is 3.34. The van der Waals surface area contributed by atoms with Crippen LogP contribution in [0.3, 0.4) is 0 Å². The Morgan fingerprint density at radius 2 is 2.05 bits per heavy atom. The van der Waals surface area contributed by atoms with Crippen molar-refractivity contribution in [1.29, 1.82) is 0 Å². The van der Waals surface area contributed by atoms with E-state index < -0.39 is 11.7 Å². The van der Waals surface area contributed by atoms with E-state index in [1.54, 1.807) is 12.3 Å². The van der Waals surface area contributed by atoms with Gasteiger partial charge in [-0.1, -0.05) is 13.8 Å². The summed E-state index contributed by atoms with van der Waals surface area (Å²) in [5.74, 6) is 2.47. The van der Waals surface area contributed by atoms with Crippen molar-refractivity contribution in [2.75, 3.05) is 6.61 Å². The van der Waals surface area contributed by atoms with E-state index in [1.165, 1.54) is 11.1 Å². The lowest BCUT2D eigenvalue weighted by molar-refractivity contribution is 0.0450. The molecule has 5 heteroatoms. The zero-order chi connectivity index (χ0) is 14.9. The smallest absolute Gasteiger partial charge is 0.435 e. The molecule has 0 aliphatic heterocycles. The fourth-order valence-electron chi connectivity index (χ4n) is 2.61. The highest BCUT2D eigenvalue weighted by atomic mass is 16.6. The van der Waals surface area contributed by atoms with Crippen LogP contribution in [0.15, 0.2) is 12.3 Å². The molecule has 0 aromatic carbocycles. The van der Waals surface area contributed by atoms with Gasteiger partial charge in [0.2, 0.25) is 5.88 Å². The first-order valence-corrected chi connectivity index (χ1v) is 7.18. The van der Waals surface area contributed by atoms with Crippen molar-refractivity contribution >= 4 is 6.09 Å². The summed E-state index contributed by atoms with van der Waals surface area (Å²) in [6.45, 7) is 10.6. The molecule has 2 unspecified atom stereocenters. The van der Waals surface area contributed by atoms with Crippen molar-refractivity contribution in [3.63, 3.8) is 0 Å². The Bertz CT molecular complexity index is 468. The lowest BCUT2D eigenvalue weighted by Gasteiger charge is -2.40. The Hall–Kier alpha value is -1.52. The number of carbonyl (C=O) groups is 1. The SMILES string of the molecule is CC1CC(C)C1COc1ccn(C(=O)OC(C)(C)C)n1. The van der Waals surface area contributed by atoms with Gasteiger partial charge in [0.15, 0.2) is 0 Å². The van der Waals surface area contributed by atoms with Crippen molar-refractivity contribution in [2.24, 2.45) is 17.8 Å². The number of hydrogen-bond donors (Lipinski definition) is 0. The van der Waals surface area contributed by atoms with E-state index in [-0.39, 0.29) is 0 Å². The summed E-state index contributed by atoms with van der Waals surface area (Å²) in [5, 5.41) is 4.09. The molecule has 1 heterocycles. The molecule has 20 heavy (non-hydrogen) atoms. The van der Waals surface area contributed by atoms with Gasteiger partial charge in [0.25, 0.3) is 0 Å². The molecule has 0 bridgehead atoms. The molecule has 1 saturated carbocycles. The zero-order valence-corrected chi connectivity index (χ0v) is 12.9. The van der Waals surface area contributed by atoms with E-state index in [0.717, 1.165) is 0 Å². The van der Waals surface area contributed by atoms with Crippen molar-refractivity contribution in [2.45, 2.75) is 46.6 Å². The summed E-state index contributed by atoms with van der Waals surface area (Å²) < 4.78 is 12.1. The number of nitrogens with zero attached hydrogens (tertiary/aromatic N) is 2. The van der Waals surface area contributed by atoms with Crippen LogP contribution >= 0.6 is 0 Å². The van der Waals surface area contributed by atoms with E-state index >= 15 is 0 Å². The monoisotopic (exact) mass is 280 g/mol. The van der Waals surface area contributed by atoms with Crippen LogP contribution in [0.1, 0.15) is 41.0 Å². The van der Waals surface area contributed by atoms with Gasteiger partial charge in [-0.2, -0.15) is 4.68 Å². The van der Waals surface area contributed by atoms with Crippen LogP contribution in [0.2, 0.25) is 0 Å². The summed E-state index contributed by atoms with van der Waals surface area (Å²) in [6.07, 6.45) is 2.34. The van der Waals surface area contributed by atoms with Gasteiger partial charge in [0.1, 0.15) is 5.60 Å². The van der Waals surface area contributed by atoms with Gasteiger partial charge in [-0.25, -0.2) is 4.79 Å². The van der Waals surface area contributed by atoms with Gasteiger partial charge in [-0.3, -0.25) is 0 Å². The molecule has 2 atom stereocenters. The lowest BCUT2D eigenvalue weighted by Crippen LogP contribution is -2.37. The molecule has 0 radical (unpaired) electrons. The van der Waals surface area contributed by atoms with E-state index in [1.807, 2.05) is 20.8 Å². The Morgan fingerprint density at radius 3 is 2.60 bits per heavy atom. The highest BCUT2D eigenvalue weighted by Crippen LogP contribution is 2.39. The number of aromatic nitrogens is 2. The van der Waals surface area contributed by atoms with Crippen LogP contribution in [0, 0.1) is 17.8 Å². The first-order valence-electron chi connectivity index (χ1n) is 7.18. The second-order valence-corrected chi connectivity index (χ2v) is 6.74. The Kier molecular flexibility index (Phi) is 4.06. The van der Waals surface area contributed by atoms with Crippen LogP contribution in [0.25, 0.3) is 0 Å². The molecule has 1 aromatic rings. The highest BCUT2D eigenvalue weighted by molar-refractivity contribution is 5.69. The highest BCUT2D eigenvalue weighted by Gasteiger charge is 2.35. The van der Waals surface area contributed by atoms with Gasteiger partial charge >= 0.3 is 6.09 Å². The minimum absolute atomic E-state index is 0.474. The zero-order valence-electron chi connectivity index (χ0n) is 12.9. The molecule has 1 fully saturated rings. The molecule has 5 nitrogen and oxygen atoms in total. The maximum atomic E-state index is 11.8. The van der Waals surface area contributed by atoms with Gasteiger partial charge in [0, 0.05) is 12.3 Å². The number of hydrogen-bond acceptors (Lipinski definition) is 4. The molecule has 0 saturated heterocycles. The van der Waals surface area contributed by atoms with Crippen LogP contribution in [0.5, 0.6) is 5.88 Å². The van der Waals surface area contributed by atoms with Gasteiger partial charge < -0.3 is 9.47 Å². The van der Waals surface area contributed by atoms with Crippen molar-refractivity contribution in [3.05, 3.63) is 12.3 Å². The third-order valence-corrected chi connectivity index (χ3v) is 3.77. The van der Waals surface area contributed by atoms with Crippen molar-refractivity contribution < 1.29 is 14.3 Å². The summed E-state index contributed by atoms with van der Waals surface area (Å²) in [5.41, 5.74) is -0.527. The first kappa shape index (κ1) is 14.9. The third-order valence-electron chi connectivity index (χ3n) is 3.77. The molecular weight excluding hydrogens is 256 g/mol. The molecule has 1 aliphatic carbocycles. The number of carbonyl (C=O) groups excluding carboxylic acids is 1. The molecule has 1 aromatic heterocycles. The number of rotatable bonds is 3. The van der Waals surface area contributed by atoms with Crippen LogP contribution < -0.4 is 4.74 Å². The molecule has 0 amide bonds. The van der Waals surface area contributed by atoms with E-state index in [0.29, 0.717) is 30.2 Å². The fourth-order valence-corrected chi connectivity index (χ4v) is 2.61. The molecule has 0 N–H and O–H groups in total. The fraction of sp³-hybridized carbons (Fsp3) is 0.733. The van der Waals surface area contributed by atoms with Crippen molar-refractivity contribution in [3.8, 4) is 5.88 Å². The number of ether oxygens (including phenoxy) is 2. The Labute approximate surface area is 120 Å². The van der Waals surface area contributed by atoms with Crippen LogP contribution in [-0.4, -0.2) is 28.1 Å². The Morgan fingerprint density at radius 1 is 1.40 bits per heavy atom. The van der Waals surface area contributed by atoms with Gasteiger partial charge in [-0.05, 0) is 44.9 Å². The normalized spacial score (nSPS) is 25.9. The maximum Gasteiger partial charge on any atom is 0.435 e. The summed E-state index contributed by atoms with van der Waals surface area (Å²) in [4.78, 5) is 11.8. The molecule has 2 rings (SSSR count). The lowest BCUT2D eigenvalue weighted by atomic mass is 9.67. The minimum atomic E-state index is -0.527. The van der Waals surface area contributed by atoms with Gasteiger partial charge in [-0.15, -0.1) is 5.10 Å². The maximum absolute atomic E-state index is 11.8. The van der Waals surface area contributed by atoms with Crippen LogP contribution in [0.4, 0.5) is 4.79 Å². The van der Waals surface area contributed by atoms with Gasteiger partial charge in [0.05, 0.1) is 6.61 Å². The third kappa shape index (κ3) is 3.52. The van der Waals surface area contributed by atoms with Crippen LogP contribution in [-0.2, 0) is 4.74 Å². The second kappa shape index (κ2) is 5.46. The Balaban J connectivity index is 1.87. The second-order valence-electron chi connectivity index (χ2n) is 6.74. The predicted molar refractivity (Wildman–Crippen MR) is 75.8 cm³/mol. The quantitative estimate of drug-likeness (QED) is 0.852. The minimum Gasteiger partial charge on any atom is -0.476 e. The van der Waals surface area contributed by atoms with E-state index in [2.05, 4.69) is 18.9 Å². The summed E-state index contributed by atoms with van der Waals surface area (Å²) in [6, 6.07) is 1.69. The largest absolute Gasteiger partial charge is 0.476 e. The first-order chi connectivity index (χ1) is 9.26. The summed E-state index contributed by atoms with van der Waals surface area (Å²) in [7, 11) is 0. The van der Waals surface area contributed by atoms with E-state index in [4.69, 9.17) is 9.47 Å². The topological polar surface area (TPSA) is 53.4 Å². The summed E-state index contributed by atoms with van der Waals surface area (Å²) >= 11 is 0. The standard InChI is InChI=1S/C15H24N2O3/c1-10-8-11(2)12(10)9-19-13-6-7-17(16-13)14(18)20-15(3,4)5/h6-7,10-12H,8-9H2,1-5H3.